The third-order valence-electron chi connectivity index (χ3n) is 8.70. The molecule has 0 spiro atoms. The minimum Gasteiger partial charge on any atom is -0.504 e. The van der Waals surface area contributed by atoms with Crippen molar-refractivity contribution in [3.8, 4) is 11.5 Å². The summed E-state index contributed by atoms with van der Waals surface area (Å²) >= 11 is 0.712. The standard InChI is InChI=1S/C30H45N8O20P3S/c1-30(2,24(44)27(45)34-6-5-18(41)33-7-8-62-29(46)19(31)21(42)14-3-4-15(39)16(40)9-14)11-55-61(52,53)58-60(50,51)54-10-17-23(57-59(47,48)49)22(43)28(56-17)38-13-37-20-25(32)35-12-36-26(20)38/h3-4,9,12-13,17,19,21-24,28,39-40,42-44H,5-8,10-11,31H2,1-2H3,(H,33,41)(H,34,45)(H,50,51)(H,52,53)(H2,32,35,36)(H2,47,48,49)/t17?,19-,21+,22?,23?,24?,28?/m1/s1. The van der Waals surface area contributed by atoms with Gasteiger partial charge in [0.15, 0.2) is 29.2 Å². The fourth-order valence-corrected chi connectivity index (χ4v) is 8.99. The first-order valence-electron chi connectivity index (χ1n) is 17.7. The summed E-state index contributed by atoms with van der Waals surface area (Å²) in [5, 5.41) is 55.0. The number of rotatable bonds is 22. The lowest BCUT2D eigenvalue weighted by molar-refractivity contribution is -0.137. The van der Waals surface area contributed by atoms with Crippen LogP contribution in [0.1, 0.15) is 38.2 Å². The van der Waals surface area contributed by atoms with E-state index in [9.17, 15) is 73.2 Å². The van der Waals surface area contributed by atoms with Crippen molar-refractivity contribution in [2.24, 2.45) is 11.1 Å². The SMILES string of the molecule is CC(C)(COP(=O)(O)OP(=O)(O)OCC1OC(n2cnc3c(N)ncnc32)C(O)C1OP(=O)(O)O)C(O)C(=O)NCCC(=O)NCCSC(=O)[C@H](N)[C@@H](O)c1ccc(O)c(O)c1. The molecular formula is C30H45N8O20P3S. The number of ether oxygens (including phenoxy) is 1. The molecule has 4 rings (SSSR count). The van der Waals surface area contributed by atoms with Crippen LogP contribution in [0.5, 0.6) is 11.5 Å². The Morgan fingerprint density at radius 2 is 1.68 bits per heavy atom. The number of fused-ring (bicyclic) bond motifs is 1. The maximum atomic E-state index is 12.7. The van der Waals surface area contributed by atoms with Crippen LogP contribution < -0.4 is 22.1 Å². The van der Waals surface area contributed by atoms with Gasteiger partial charge in [0.25, 0.3) is 0 Å². The number of phosphoric ester groups is 3. The lowest BCUT2D eigenvalue weighted by Gasteiger charge is -2.30. The summed E-state index contributed by atoms with van der Waals surface area (Å²) in [6.45, 7) is 0.0113. The second-order valence-electron chi connectivity index (χ2n) is 14.0. The summed E-state index contributed by atoms with van der Waals surface area (Å²) in [5.74, 6) is -2.57. The quantitative estimate of drug-likeness (QED) is 0.0298. The highest BCUT2D eigenvalue weighted by Crippen LogP contribution is 2.61. The average molecular weight is 963 g/mol. The molecule has 9 atom stereocenters. The Balaban J connectivity index is 1.20. The fourth-order valence-electron chi connectivity index (χ4n) is 5.44. The van der Waals surface area contributed by atoms with Crippen LogP contribution in [0, 0.1) is 5.41 Å². The number of hydrogen-bond acceptors (Lipinski definition) is 22. The minimum absolute atomic E-state index is 0.0126. The van der Waals surface area contributed by atoms with Crippen LogP contribution in [0.2, 0.25) is 0 Å². The van der Waals surface area contributed by atoms with E-state index in [2.05, 4.69) is 34.4 Å². The molecule has 7 unspecified atom stereocenters. The molecule has 346 valence electrons. The number of amides is 2. The second kappa shape index (κ2) is 20.9. The van der Waals surface area contributed by atoms with Crippen molar-refractivity contribution in [2.75, 3.05) is 37.8 Å². The molecule has 3 heterocycles. The summed E-state index contributed by atoms with van der Waals surface area (Å²) in [6.07, 6.45) is -8.72. The first kappa shape index (κ1) is 50.9. The monoisotopic (exact) mass is 962 g/mol. The van der Waals surface area contributed by atoms with Gasteiger partial charge < -0.3 is 71.9 Å². The van der Waals surface area contributed by atoms with E-state index >= 15 is 0 Å². The molecule has 1 aliphatic heterocycles. The van der Waals surface area contributed by atoms with Crippen LogP contribution in [0.4, 0.5) is 5.82 Å². The highest BCUT2D eigenvalue weighted by molar-refractivity contribution is 8.13. The largest absolute Gasteiger partial charge is 0.504 e. The average Bonchev–Trinajstić information content (AvgIpc) is 3.74. The molecule has 0 saturated carbocycles. The number of aliphatic hydroxyl groups is 3. The predicted octanol–water partition coefficient (Wildman–Crippen LogP) is -1.86. The van der Waals surface area contributed by atoms with E-state index in [-0.39, 0.29) is 47.8 Å². The van der Waals surface area contributed by atoms with Crippen molar-refractivity contribution in [3.63, 3.8) is 0 Å². The number of aromatic hydroxyl groups is 2. The molecule has 3 aromatic rings. The van der Waals surface area contributed by atoms with E-state index in [1.165, 1.54) is 19.9 Å². The molecule has 1 aromatic carbocycles. The number of nitrogen functional groups attached to an aromatic ring is 1. The van der Waals surface area contributed by atoms with Crippen molar-refractivity contribution >= 4 is 69.1 Å². The van der Waals surface area contributed by atoms with Gasteiger partial charge in [0.05, 0.1) is 19.5 Å². The second-order valence-corrected chi connectivity index (χ2v) is 19.3. The highest BCUT2D eigenvalue weighted by Gasteiger charge is 2.50. The summed E-state index contributed by atoms with van der Waals surface area (Å²) in [5.41, 5.74) is 10.1. The van der Waals surface area contributed by atoms with Gasteiger partial charge in [0.2, 0.25) is 16.9 Å². The van der Waals surface area contributed by atoms with Gasteiger partial charge in [0, 0.05) is 30.7 Å². The Kier molecular flexibility index (Phi) is 17.1. The van der Waals surface area contributed by atoms with Crippen LogP contribution in [0.3, 0.4) is 0 Å². The molecule has 28 nitrogen and oxygen atoms in total. The molecule has 2 amide bonds. The van der Waals surface area contributed by atoms with Crippen molar-refractivity contribution in [2.45, 2.75) is 63.1 Å². The number of carbonyl (C=O) groups excluding carboxylic acids is 3. The van der Waals surface area contributed by atoms with Gasteiger partial charge >= 0.3 is 23.5 Å². The van der Waals surface area contributed by atoms with Gasteiger partial charge in [-0.05, 0) is 17.7 Å². The Morgan fingerprint density at radius 1 is 1.00 bits per heavy atom. The number of nitrogens with one attached hydrogen (secondary N) is 2. The number of hydrogen-bond donors (Lipinski definition) is 13. The topological polar surface area (TPSA) is 450 Å². The maximum Gasteiger partial charge on any atom is 0.481 e. The Labute approximate surface area is 354 Å². The number of phenols is 2. The molecule has 62 heavy (non-hydrogen) atoms. The lowest BCUT2D eigenvalue weighted by Crippen LogP contribution is -2.46. The molecule has 0 radical (unpaired) electrons. The van der Waals surface area contributed by atoms with E-state index in [0.717, 1.165) is 29.4 Å². The van der Waals surface area contributed by atoms with E-state index in [4.69, 9.17) is 25.3 Å². The highest BCUT2D eigenvalue weighted by atomic mass is 32.2. The summed E-state index contributed by atoms with van der Waals surface area (Å²) in [6, 6.07) is 2.05. The summed E-state index contributed by atoms with van der Waals surface area (Å²) in [7, 11) is -16.5. The molecule has 1 saturated heterocycles. The Hall–Kier alpha value is -3.70. The smallest absolute Gasteiger partial charge is 0.481 e. The third-order valence-corrected chi connectivity index (χ3v) is 12.8. The first-order valence-corrected chi connectivity index (χ1v) is 23.2. The van der Waals surface area contributed by atoms with E-state index in [1.54, 1.807) is 0 Å². The number of nitrogens with zero attached hydrogens (tertiary/aromatic N) is 4. The van der Waals surface area contributed by atoms with Crippen molar-refractivity contribution in [3.05, 3.63) is 36.4 Å². The van der Waals surface area contributed by atoms with Crippen LogP contribution in [0.15, 0.2) is 30.9 Å². The maximum absolute atomic E-state index is 12.7. The Bertz CT molecular complexity index is 2230. The zero-order valence-electron chi connectivity index (χ0n) is 32.4. The number of nitrogens with two attached hydrogens (primary N) is 2. The zero-order valence-corrected chi connectivity index (χ0v) is 35.9. The van der Waals surface area contributed by atoms with Crippen LogP contribution in [-0.2, 0) is 50.7 Å². The molecule has 0 aliphatic carbocycles. The van der Waals surface area contributed by atoms with Crippen molar-refractivity contribution in [1.82, 2.24) is 30.2 Å². The molecule has 1 fully saturated rings. The van der Waals surface area contributed by atoms with Gasteiger partial charge in [-0.1, -0.05) is 31.7 Å². The summed E-state index contributed by atoms with van der Waals surface area (Å²) < 4.78 is 62.1. The van der Waals surface area contributed by atoms with Crippen molar-refractivity contribution < 1.29 is 95.8 Å². The molecule has 1 aliphatic rings. The number of anilines is 1. The number of carbonyl (C=O) groups is 3. The summed E-state index contributed by atoms with van der Waals surface area (Å²) in [4.78, 5) is 88.2. The predicted molar refractivity (Wildman–Crippen MR) is 210 cm³/mol. The van der Waals surface area contributed by atoms with Gasteiger partial charge in [-0.15, -0.1) is 0 Å². The van der Waals surface area contributed by atoms with Gasteiger partial charge in [-0.25, -0.2) is 28.6 Å². The minimum atomic E-state index is -5.61. The van der Waals surface area contributed by atoms with Gasteiger partial charge in [0.1, 0.15) is 48.4 Å². The Morgan fingerprint density at radius 3 is 2.34 bits per heavy atom. The van der Waals surface area contributed by atoms with Crippen LogP contribution in [-0.4, -0.2) is 144 Å². The van der Waals surface area contributed by atoms with Crippen LogP contribution in [0.25, 0.3) is 11.2 Å². The number of benzene rings is 1. The molecular weight excluding hydrogens is 917 g/mol. The van der Waals surface area contributed by atoms with Crippen molar-refractivity contribution in [1.29, 1.82) is 0 Å². The normalized spacial score (nSPS) is 21.7. The first-order chi connectivity index (χ1) is 28.7. The lowest BCUT2D eigenvalue weighted by atomic mass is 9.87. The third kappa shape index (κ3) is 13.9. The number of phenolic OH excluding ortho intramolecular Hbond substituents is 2. The number of thioether (sulfide) groups is 1. The zero-order chi connectivity index (χ0) is 46.4. The molecule has 32 heteroatoms. The number of aromatic nitrogens is 4. The number of aliphatic hydroxyl groups excluding tert-OH is 3. The van der Waals surface area contributed by atoms with E-state index in [1.807, 2.05) is 0 Å². The number of phosphoric acid groups is 3. The van der Waals surface area contributed by atoms with Gasteiger partial charge in [-0.2, -0.15) is 4.31 Å². The molecule has 2 aromatic heterocycles. The van der Waals surface area contributed by atoms with E-state index in [0.29, 0.717) is 11.8 Å². The molecule has 0 bridgehead atoms. The fraction of sp³-hybridized carbons (Fsp3) is 0.533. The molecule has 15 N–H and O–H groups in total. The van der Waals surface area contributed by atoms with Gasteiger partial charge in [-0.3, -0.25) is 32.5 Å². The van der Waals surface area contributed by atoms with E-state index < -0.39 is 113 Å². The van der Waals surface area contributed by atoms with Crippen LogP contribution >= 0.6 is 35.2 Å². The number of imidazole rings is 1.